The quantitative estimate of drug-likeness (QED) is 0.810. The van der Waals surface area contributed by atoms with Crippen molar-refractivity contribution in [2.24, 2.45) is 17.3 Å². The van der Waals surface area contributed by atoms with E-state index in [4.69, 9.17) is 4.74 Å². The zero-order chi connectivity index (χ0) is 13.3. The molecule has 0 spiro atoms. The number of fused-ring (bicyclic) bond motifs is 1. The van der Waals surface area contributed by atoms with Crippen molar-refractivity contribution in [1.29, 1.82) is 0 Å². The summed E-state index contributed by atoms with van der Waals surface area (Å²) in [6.45, 7) is 5.76. The van der Waals surface area contributed by atoms with Gasteiger partial charge in [-0.25, -0.2) is 0 Å². The monoisotopic (exact) mass is 266 g/mol. The standard InChI is InChI=1S/C15H26N2O2/c1-15(5-7-19-8-6-15)10-17-14(18)13-12-4-2-3-11(12)9-16-13/h11-13,16H,2-10H2,1H3,(H,17,18). The Balaban J connectivity index is 1.51. The van der Waals surface area contributed by atoms with Gasteiger partial charge in [0, 0.05) is 19.8 Å². The molecule has 1 amide bonds. The van der Waals surface area contributed by atoms with Gasteiger partial charge in [-0.05, 0) is 49.5 Å². The van der Waals surface area contributed by atoms with Crippen LogP contribution >= 0.6 is 0 Å². The number of hydrogen-bond donors (Lipinski definition) is 2. The van der Waals surface area contributed by atoms with Gasteiger partial charge in [-0.1, -0.05) is 13.3 Å². The molecule has 3 aliphatic rings. The molecule has 108 valence electrons. The molecule has 2 N–H and O–H groups in total. The van der Waals surface area contributed by atoms with Crippen molar-refractivity contribution in [2.45, 2.75) is 45.1 Å². The largest absolute Gasteiger partial charge is 0.381 e. The number of ether oxygens (including phenoxy) is 1. The van der Waals surface area contributed by atoms with Crippen LogP contribution in [0.2, 0.25) is 0 Å². The van der Waals surface area contributed by atoms with Gasteiger partial charge in [-0.15, -0.1) is 0 Å². The van der Waals surface area contributed by atoms with Gasteiger partial charge in [0.1, 0.15) is 0 Å². The Bertz CT molecular complexity index is 339. The third-order valence-corrected chi connectivity index (χ3v) is 5.42. The molecule has 2 heterocycles. The second-order valence-corrected chi connectivity index (χ2v) is 6.88. The van der Waals surface area contributed by atoms with E-state index < -0.39 is 0 Å². The van der Waals surface area contributed by atoms with Crippen molar-refractivity contribution in [3.8, 4) is 0 Å². The minimum Gasteiger partial charge on any atom is -0.381 e. The van der Waals surface area contributed by atoms with E-state index in [0.29, 0.717) is 5.92 Å². The lowest BCUT2D eigenvalue weighted by atomic mass is 9.82. The highest BCUT2D eigenvalue weighted by Crippen LogP contribution is 2.37. The molecule has 3 unspecified atom stereocenters. The van der Waals surface area contributed by atoms with Crippen LogP contribution in [0.1, 0.15) is 39.0 Å². The van der Waals surface area contributed by atoms with Crippen LogP contribution in [0, 0.1) is 17.3 Å². The first-order chi connectivity index (χ1) is 9.18. The lowest BCUT2D eigenvalue weighted by molar-refractivity contribution is -0.124. The van der Waals surface area contributed by atoms with Crippen LogP contribution in [0.3, 0.4) is 0 Å². The smallest absolute Gasteiger partial charge is 0.237 e. The van der Waals surface area contributed by atoms with Gasteiger partial charge in [0.25, 0.3) is 0 Å². The third kappa shape index (κ3) is 2.79. The summed E-state index contributed by atoms with van der Waals surface area (Å²) < 4.78 is 5.40. The van der Waals surface area contributed by atoms with Crippen molar-refractivity contribution in [1.82, 2.24) is 10.6 Å². The Labute approximate surface area is 115 Å². The molecule has 0 aromatic rings. The van der Waals surface area contributed by atoms with Crippen LogP contribution in [-0.2, 0) is 9.53 Å². The zero-order valence-corrected chi connectivity index (χ0v) is 11.9. The van der Waals surface area contributed by atoms with Crippen LogP contribution in [0.5, 0.6) is 0 Å². The summed E-state index contributed by atoms with van der Waals surface area (Å²) in [7, 11) is 0. The highest BCUT2D eigenvalue weighted by molar-refractivity contribution is 5.82. The molecule has 3 fully saturated rings. The maximum atomic E-state index is 12.4. The van der Waals surface area contributed by atoms with E-state index in [-0.39, 0.29) is 17.4 Å². The molecule has 2 aliphatic heterocycles. The number of hydrogen-bond acceptors (Lipinski definition) is 3. The second kappa shape index (κ2) is 5.41. The number of carbonyl (C=O) groups is 1. The van der Waals surface area contributed by atoms with E-state index in [9.17, 15) is 4.79 Å². The highest BCUT2D eigenvalue weighted by atomic mass is 16.5. The number of nitrogens with one attached hydrogen (secondary N) is 2. The topological polar surface area (TPSA) is 50.4 Å². The molecular weight excluding hydrogens is 240 g/mol. The fraction of sp³-hybridized carbons (Fsp3) is 0.933. The van der Waals surface area contributed by atoms with E-state index in [1.807, 2.05) is 0 Å². The van der Waals surface area contributed by atoms with E-state index in [2.05, 4.69) is 17.6 Å². The summed E-state index contributed by atoms with van der Waals surface area (Å²) in [5, 5.41) is 6.61. The van der Waals surface area contributed by atoms with Gasteiger partial charge in [-0.2, -0.15) is 0 Å². The first-order valence-electron chi connectivity index (χ1n) is 7.77. The first kappa shape index (κ1) is 13.4. The molecule has 1 aliphatic carbocycles. The molecule has 3 atom stereocenters. The minimum absolute atomic E-state index is 0.0657. The minimum atomic E-state index is 0.0657. The summed E-state index contributed by atoms with van der Waals surface area (Å²) in [5.74, 6) is 1.55. The summed E-state index contributed by atoms with van der Waals surface area (Å²) in [6.07, 6.45) is 5.93. The van der Waals surface area contributed by atoms with Crippen molar-refractivity contribution >= 4 is 5.91 Å². The molecule has 19 heavy (non-hydrogen) atoms. The van der Waals surface area contributed by atoms with Crippen LogP contribution < -0.4 is 10.6 Å². The van der Waals surface area contributed by atoms with Crippen LogP contribution in [0.25, 0.3) is 0 Å². The third-order valence-electron chi connectivity index (χ3n) is 5.42. The average Bonchev–Trinajstić information content (AvgIpc) is 2.99. The van der Waals surface area contributed by atoms with E-state index in [1.165, 1.54) is 19.3 Å². The van der Waals surface area contributed by atoms with Crippen molar-refractivity contribution < 1.29 is 9.53 Å². The van der Waals surface area contributed by atoms with E-state index in [0.717, 1.165) is 45.1 Å². The van der Waals surface area contributed by atoms with Crippen molar-refractivity contribution in [3.63, 3.8) is 0 Å². The Kier molecular flexibility index (Phi) is 3.81. The predicted molar refractivity (Wildman–Crippen MR) is 73.8 cm³/mol. The molecule has 0 bridgehead atoms. The van der Waals surface area contributed by atoms with Crippen LogP contribution in [0.15, 0.2) is 0 Å². The van der Waals surface area contributed by atoms with E-state index in [1.54, 1.807) is 0 Å². The molecular formula is C15H26N2O2. The average molecular weight is 266 g/mol. The van der Waals surface area contributed by atoms with Gasteiger partial charge in [0.15, 0.2) is 0 Å². The number of carbonyl (C=O) groups excluding carboxylic acids is 1. The molecule has 4 nitrogen and oxygen atoms in total. The fourth-order valence-electron chi connectivity index (χ4n) is 3.93. The zero-order valence-electron chi connectivity index (χ0n) is 11.9. The Hall–Kier alpha value is -0.610. The molecule has 4 heteroatoms. The predicted octanol–water partition coefficient (Wildman–Crippen LogP) is 1.31. The van der Waals surface area contributed by atoms with Gasteiger partial charge >= 0.3 is 0 Å². The van der Waals surface area contributed by atoms with Crippen molar-refractivity contribution in [2.75, 3.05) is 26.3 Å². The summed E-state index contributed by atoms with van der Waals surface area (Å²) in [5.41, 5.74) is 0.224. The lowest BCUT2D eigenvalue weighted by Crippen LogP contribution is -2.47. The number of amides is 1. The summed E-state index contributed by atoms with van der Waals surface area (Å²) >= 11 is 0. The highest BCUT2D eigenvalue weighted by Gasteiger charge is 2.42. The fourth-order valence-corrected chi connectivity index (χ4v) is 3.93. The van der Waals surface area contributed by atoms with Crippen molar-refractivity contribution in [3.05, 3.63) is 0 Å². The van der Waals surface area contributed by atoms with Gasteiger partial charge in [0.2, 0.25) is 5.91 Å². The normalized spacial score (nSPS) is 37.0. The van der Waals surface area contributed by atoms with Gasteiger partial charge in [0.05, 0.1) is 6.04 Å². The molecule has 0 aromatic carbocycles. The second-order valence-electron chi connectivity index (χ2n) is 6.88. The first-order valence-corrected chi connectivity index (χ1v) is 7.77. The van der Waals surface area contributed by atoms with E-state index >= 15 is 0 Å². The van der Waals surface area contributed by atoms with Gasteiger partial charge < -0.3 is 15.4 Å². The molecule has 0 aromatic heterocycles. The van der Waals surface area contributed by atoms with Crippen LogP contribution in [0.4, 0.5) is 0 Å². The summed E-state index contributed by atoms with van der Waals surface area (Å²) in [4.78, 5) is 12.4. The molecule has 2 saturated heterocycles. The Morgan fingerprint density at radius 2 is 2.16 bits per heavy atom. The molecule has 1 saturated carbocycles. The lowest BCUT2D eigenvalue weighted by Gasteiger charge is -2.34. The maximum Gasteiger partial charge on any atom is 0.237 e. The maximum absolute atomic E-state index is 12.4. The molecule has 3 rings (SSSR count). The van der Waals surface area contributed by atoms with Crippen LogP contribution in [-0.4, -0.2) is 38.3 Å². The summed E-state index contributed by atoms with van der Waals surface area (Å²) in [6, 6.07) is 0.0657. The Morgan fingerprint density at radius 1 is 1.37 bits per heavy atom. The number of rotatable bonds is 3. The van der Waals surface area contributed by atoms with Gasteiger partial charge in [-0.3, -0.25) is 4.79 Å². The SMILES string of the molecule is CC1(CNC(=O)C2NCC3CCCC32)CCOCC1. The Morgan fingerprint density at radius 3 is 2.95 bits per heavy atom. The molecule has 0 radical (unpaired) electrons.